The van der Waals surface area contributed by atoms with Gasteiger partial charge in [-0.15, -0.1) is 0 Å². The fourth-order valence-corrected chi connectivity index (χ4v) is 2.34. The van der Waals surface area contributed by atoms with E-state index in [4.69, 9.17) is 17.3 Å². The van der Waals surface area contributed by atoms with Crippen molar-refractivity contribution < 1.29 is 4.79 Å². The molecule has 3 rings (SSSR count). The summed E-state index contributed by atoms with van der Waals surface area (Å²) in [7, 11) is 0. The first-order valence-electron chi connectivity index (χ1n) is 6.36. The van der Waals surface area contributed by atoms with Crippen molar-refractivity contribution >= 4 is 39.8 Å². The number of nitrogen functional groups attached to an aromatic ring is 1. The average molecular weight is 301 g/mol. The highest BCUT2D eigenvalue weighted by Crippen LogP contribution is 2.22. The van der Waals surface area contributed by atoms with E-state index in [0.717, 1.165) is 10.9 Å². The number of amides is 1. The average Bonchev–Trinajstić information content (AvgIpc) is 2.87. The summed E-state index contributed by atoms with van der Waals surface area (Å²) >= 11 is 5.80. The second-order valence-corrected chi connectivity index (χ2v) is 5.10. The summed E-state index contributed by atoms with van der Waals surface area (Å²) in [6.45, 7) is 1.78. The van der Waals surface area contributed by atoms with Crippen LogP contribution in [0, 0.1) is 6.92 Å². The van der Waals surface area contributed by atoms with Crippen LogP contribution in [-0.2, 0) is 0 Å². The summed E-state index contributed by atoms with van der Waals surface area (Å²) in [6, 6.07) is 10.6. The predicted octanol–water partition coefficient (Wildman–Crippen LogP) is 3.36. The molecule has 0 saturated heterocycles. The van der Waals surface area contributed by atoms with Gasteiger partial charge >= 0.3 is 0 Å². The zero-order chi connectivity index (χ0) is 15.0. The first-order valence-corrected chi connectivity index (χ1v) is 6.74. The second kappa shape index (κ2) is 5.10. The minimum Gasteiger partial charge on any atom is -0.397 e. The van der Waals surface area contributed by atoms with E-state index in [1.54, 1.807) is 31.2 Å². The second-order valence-electron chi connectivity index (χ2n) is 4.72. The van der Waals surface area contributed by atoms with Crippen molar-refractivity contribution in [2.24, 2.45) is 0 Å². The fraction of sp³-hybridized carbons (Fsp3) is 0.0667. The van der Waals surface area contributed by atoms with Gasteiger partial charge in [0.15, 0.2) is 0 Å². The summed E-state index contributed by atoms with van der Waals surface area (Å²) in [5.74, 6) is -0.252. The number of nitrogens with two attached hydrogens (primary N) is 1. The van der Waals surface area contributed by atoms with Gasteiger partial charge in [0, 0.05) is 5.39 Å². The number of halogens is 1. The Morgan fingerprint density at radius 3 is 2.86 bits per heavy atom. The quantitative estimate of drug-likeness (QED) is 0.501. The zero-order valence-corrected chi connectivity index (χ0v) is 12.0. The summed E-state index contributed by atoms with van der Waals surface area (Å²) in [5, 5.41) is 4.09. The molecule has 21 heavy (non-hydrogen) atoms. The number of nitrogens with zero attached hydrogens (tertiary/aromatic N) is 1. The molecule has 0 spiro atoms. The summed E-state index contributed by atoms with van der Waals surface area (Å²) in [4.78, 5) is 19.4. The summed E-state index contributed by atoms with van der Waals surface area (Å²) in [6.07, 6.45) is 0. The smallest absolute Gasteiger partial charge is 0.272 e. The molecule has 1 amide bonds. The Kier molecular flexibility index (Phi) is 3.27. The SMILES string of the molecule is Cc1nc(Cl)ccc1NC(=O)c1cc2cccc(N)c2[nH]1. The van der Waals surface area contributed by atoms with Gasteiger partial charge in [0.25, 0.3) is 5.91 Å². The van der Waals surface area contributed by atoms with E-state index in [1.165, 1.54) is 0 Å². The lowest BCUT2D eigenvalue weighted by Crippen LogP contribution is -2.13. The van der Waals surface area contributed by atoms with Gasteiger partial charge in [-0.25, -0.2) is 4.98 Å². The van der Waals surface area contributed by atoms with E-state index >= 15 is 0 Å². The number of hydrogen-bond acceptors (Lipinski definition) is 3. The molecule has 0 aliphatic carbocycles. The number of pyridine rings is 1. The lowest BCUT2D eigenvalue weighted by atomic mass is 10.2. The van der Waals surface area contributed by atoms with Crippen molar-refractivity contribution in [3.8, 4) is 0 Å². The largest absolute Gasteiger partial charge is 0.397 e. The zero-order valence-electron chi connectivity index (χ0n) is 11.3. The maximum Gasteiger partial charge on any atom is 0.272 e. The molecule has 5 nitrogen and oxygen atoms in total. The molecule has 106 valence electrons. The Labute approximate surface area is 126 Å². The minimum absolute atomic E-state index is 0.252. The number of aromatic nitrogens is 2. The van der Waals surface area contributed by atoms with Gasteiger partial charge in [-0.3, -0.25) is 4.79 Å². The first-order chi connectivity index (χ1) is 10.0. The van der Waals surface area contributed by atoms with Gasteiger partial charge in [-0.1, -0.05) is 23.7 Å². The molecule has 4 N–H and O–H groups in total. The number of para-hydroxylation sites is 1. The molecule has 0 atom stereocenters. The Balaban J connectivity index is 1.92. The van der Waals surface area contributed by atoms with Crippen molar-refractivity contribution in [3.05, 3.63) is 52.9 Å². The molecular weight excluding hydrogens is 288 g/mol. The molecule has 2 heterocycles. The number of aryl methyl sites for hydroxylation is 1. The standard InChI is InChI=1S/C15H13ClN4O/c1-8-11(5-6-13(16)18-8)20-15(21)12-7-9-3-2-4-10(17)14(9)19-12/h2-7,19H,17H2,1H3,(H,20,21). The number of carbonyl (C=O) groups is 1. The molecule has 0 saturated carbocycles. The maximum absolute atomic E-state index is 12.3. The van der Waals surface area contributed by atoms with Crippen LogP contribution in [0.1, 0.15) is 16.2 Å². The van der Waals surface area contributed by atoms with Gasteiger partial charge in [0.2, 0.25) is 0 Å². The molecule has 1 aromatic carbocycles. The van der Waals surface area contributed by atoms with Crippen LogP contribution in [-0.4, -0.2) is 15.9 Å². The van der Waals surface area contributed by atoms with E-state index in [-0.39, 0.29) is 5.91 Å². The van der Waals surface area contributed by atoms with Crippen LogP contribution in [0.25, 0.3) is 10.9 Å². The Morgan fingerprint density at radius 2 is 2.14 bits per heavy atom. The van der Waals surface area contributed by atoms with Gasteiger partial charge in [-0.05, 0) is 31.2 Å². The van der Waals surface area contributed by atoms with Crippen LogP contribution >= 0.6 is 11.6 Å². The number of H-pyrrole nitrogens is 1. The van der Waals surface area contributed by atoms with Crippen LogP contribution in [0.3, 0.4) is 0 Å². The van der Waals surface area contributed by atoms with E-state index < -0.39 is 0 Å². The highest BCUT2D eigenvalue weighted by atomic mass is 35.5. The van der Waals surface area contributed by atoms with Crippen molar-refractivity contribution in [2.45, 2.75) is 6.92 Å². The van der Waals surface area contributed by atoms with Crippen molar-refractivity contribution in [3.63, 3.8) is 0 Å². The van der Waals surface area contributed by atoms with Crippen LogP contribution in [0.2, 0.25) is 5.15 Å². The lowest BCUT2D eigenvalue weighted by Gasteiger charge is -2.06. The van der Waals surface area contributed by atoms with Gasteiger partial charge in [0.05, 0.1) is 22.6 Å². The molecule has 0 fully saturated rings. The number of nitrogens with one attached hydrogen (secondary N) is 2. The van der Waals surface area contributed by atoms with Crippen molar-refractivity contribution in [1.29, 1.82) is 0 Å². The van der Waals surface area contributed by atoms with E-state index in [2.05, 4.69) is 15.3 Å². The Bertz CT molecular complexity index is 841. The molecular formula is C15H13ClN4O. The monoisotopic (exact) mass is 300 g/mol. The number of benzene rings is 1. The van der Waals surface area contributed by atoms with Crippen LogP contribution < -0.4 is 11.1 Å². The summed E-state index contributed by atoms with van der Waals surface area (Å²) < 4.78 is 0. The number of aromatic amines is 1. The molecule has 6 heteroatoms. The van der Waals surface area contributed by atoms with Crippen LogP contribution in [0.5, 0.6) is 0 Å². The molecule has 2 aromatic heterocycles. The minimum atomic E-state index is -0.252. The molecule has 0 radical (unpaired) electrons. The van der Waals surface area contributed by atoms with Crippen molar-refractivity contribution in [2.75, 3.05) is 11.1 Å². The third-order valence-electron chi connectivity index (χ3n) is 3.23. The van der Waals surface area contributed by atoms with Gasteiger partial charge < -0.3 is 16.0 Å². The third-order valence-corrected chi connectivity index (χ3v) is 3.44. The predicted molar refractivity (Wildman–Crippen MR) is 84.6 cm³/mol. The highest BCUT2D eigenvalue weighted by molar-refractivity contribution is 6.29. The third kappa shape index (κ3) is 2.55. The first kappa shape index (κ1) is 13.5. The number of rotatable bonds is 2. The number of fused-ring (bicyclic) bond motifs is 1. The van der Waals surface area contributed by atoms with E-state index in [0.29, 0.717) is 27.9 Å². The fourth-order valence-electron chi connectivity index (χ4n) is 2.15. The van der Waals surface area contributed by atoms with Crippen molar-refractivity contribution in [1.82, 2.24) is 9.97 Å². The molecule has 0 bridgehead atoms. The molecule has 0 aliphatic heterocycles. The normalized spacial score (nSPS) is 10.8. The Hall–Kier alpha value is -2.53. The molecule has 0 unspecified atom stereocenters. The summed E-state index contributed by atoms with van der Waals surface area (Å²) in [5.41, 5.74) is 8.96. The highest BCUT2D eigenvalue weighted by Gasteiger charge is 2.12. The Morgan fingerprint density at radius 1 is 1.33 bits per heavy atom. The molecule has 0 aliphatic rings. The number of carbonyl (C=O) groups excluding carboxylic acids is 1. The topological polar surface area (TPSA) is 83.8 Å². The van der Waals surface area contributed by atoms with E-state index in [9.17, 15) is 4.79 Å². The van der Waals surface area contributed by atoms with Crippen LogP contribution in [0.15, 0.2) is 36.4 Å². The van der Waals surface area contributed by atoms with Gasteiger partial charge in [0.1, 0.15) is 10.8 Å². The van der Waals surface area contributed by atoms with Crippen LogP contribution in [0.4, 0.5) is 11.4 Å². The van der Waals surface area contributed by atoms with E-state index in [1.807, 2.05) is 12.1 Å². The number of anilines is 2. The maximum atomic E-state index is 12.3. The molecule has 3 aromatic rings. The van der Waals surface area contributed by atoms with Gasteiger partial charge in [-0.2, -0.15) is 0 Å². The number of hydrogen-bond donors (Lipinski definition) is 3. The lowest BCUT2D eigenvalue weighted by molar-refractivity contribution is 0.102.